The standard InChI is InChI=1S/C11H17NO3S2/c1-2-9(17(12,14)15)5-3-6-10(13)11-7-4-8-16-11/h4,7-9H,2-3,5-6H2,1H3,(H2,12,14,15). The van der Waals surface area contributed by atoms with E-state index in [1.165, 1.54) is 11.3 Å². The number of carbonyl (C=O) groups excluding carboxylic acids is 1. The fourth-order valence-corrected chi connectivity index (χ4v) is 3.31. The van der Waals surface area contributed by atoms with Crippen molar-refractivity contribution in [2.75, 3.05) is 0 Å². The summed E-state index contributed by atoms with van der Waals surface area (Å²) < 4.78 is 22.3. The van der Waals surface area contributed by atoms with Crippen LogP contribution in [-0.4, -0.2) is 19.5 Å². The molecule has 0 saturated carbocycles. The number of Topliss-reactive ketones (excluding diaryl/α,β-unsaturated/α-hetero) is 1. The van der Waals surface area contributed by atoms with Crippen molar-refractivity contribution >= 4 is 27.1 Å². The van der Waals surface area contributed by atoms with E-state index in [-0.39, 0.29) is 5.78 Å². The van der Waals surface area contributed by atoms with E-state index >= 15 is 0 Å². The minimum Gasteiger partial charge on any atom is -0.293 e. The quantitative estimate of drug-likeness (QED) is 0.775. The summed E-state index contributed by atoms with van der Waals surface area (Å²) >= 11 is 1.41. The third-order valence-corrected chi connectivity index (χ3v) is 5.06. The minimum absolute atomic E-state index is 0.0734. The second-order valence-corrected chi connectivity index (χ2v) is 6.70. The van der Waals surface area contributed by atoms with E-state index in [4.69, 9.17) is 5.14 Å². The highest BCUT2D eigenvalue weighted by molar-refractivity contribution is 7.89. The van der Waals surface area contributed by atoms with Gasteiger partial charge in [-0.05, 0) is 30.7 Å². The van der Waals surface area contributed by atoms with Gasteiger partial charge in [0.25, 0.3) is 0 Å². The zero-order valence-electron chi connectivity index (χ0n) is 9.76. The Labute approximate surface area is 106 Å². The van der Waals surface area contributed by atoms with Gasteiger partial charge in [0, 0.05) is 6.42 Å². The number of primary sulfonamides is 1. The van der Waals surface area contributed by atoms with Gasteiger partial charge in [0.1, 0.15) is 0 Å². The Morgan fingerprint density at radius 1 is 1.53 bits per heavy atom. The number of hydrogen-bond donors (Lipinski definition) is 1. The number of hydrogen-bond acceptors (Lipinski definition) is 4. The van der Waals surface area contributed by atoms with Crippen LogP contribution in [0, 0.1) is 0 Å². The summed E-state index contributed by atoms with van der Waals surface area (Å²) in [5.41, 5.74) is 0. The van der Waals surface area contributed by atoms with Gasteiger partial charge >= 0.3 is 0 Å². The largest absolute Gasteiger partial charge is 0.293 e. The van der Waals surface area contributed by atoms with Crippen LogP contribution >= 0.6 is 11.3 Å². The zero-order valence-corrected chi connectivity index (χ0v) is 11.4. The predicted molar refractivity (Wildman–Crippen MR) is 69.7 cm³/mol. The van der Waals surface area contributed by atoms with Crippen molar-refractivity contribution in [1.82, 2.24) is 0 Å². The number of sulfonamides is 1. The third kappa shape index (κ3) is 4.57. The lowest BCUT2D eigenvalue weighted by Gasteiger charge is -2.11. The number of ketones is 1. The van der Waals surface area contributed by atoms with Crippen LogP contribution in [0.4, 0.5) is 0 Å². The molecular weight excluding hydrogens is 258 g/mol. The molecular formula is C11H17NO3S2. The smallest absolute Gasteiger partial charge is 0.211 e. The Hall–Kier alpha value is -0.720. The van der Waals surface area contributed by atoms with Crippen LogP contribution in [0.5, 0.6) is 0 Å². The minimum atomic E-state index is -3.48. The molecule has 0 aliphatic carbocycles. The molecule has 96 valence electrons. The molecule has 0 spiro atoms. The third-order valence-electron chi connectivity index (χ3n) is 2.65. The molecule has 0 amide bonds. The van der Waals surface area contributed by atoms with Crippen molar-refractivity contribution in [2.24, 2.45) is 5.14 Å². The van der Waals surface area contributed by atoms with Gasteiger partial charge in [-0.3, -0.25) is 4.79 Å². The van der Waals surface area contributed by atoms with Crippen molar-refractivity contribution in [3.05, 3.63) is 22.4 Å². The Kier molecular flexibility index (Phi) is 5.30. The van der Waals surface area contributed by atoms with Crippen LogP contribution in [0.3, 0.4) is 0 Å². The summed E-state index contributed by atoms with van der Waals surface area (Å²) in [5.74, 6) is 0.0734. The van der Waals surface area contributed by atoms with Gasteiger partial charge in [-0.2, -0.15) is 0 Å². The van der Waals surface area contributed by atoms with Gasteiger partial charge < -0.3 is 0 Å². The summed E-state index contributed by atoms with van der Waals surface area (Å²) in [6.45, 7) is 1.79. The maximum Gasteiger partial charge on any atom is 0.211 e. The first-order valence-corrected chi connectivity index (χ1v) is 8.02. The Morgan fingerprint density at radius 2 is 2.24 bits per heavy atom. The van der Waals surface area contributed by atoms with Gasteiger partial charge in [0.05, 0.1) is 10.1 Å². The topological polar surface area (TPSA) is 77.2 Å². The summed E-state index contributed by atoms with van der Waals surface area (Å²) in [7, 11) is -3.48. The molecule has 1 unspecified atom stereocenters. The summed E-state index contributed by atoms with van der Waals surface area (Å²) in [6.07, 6.45) is 1.89. The first-order valence-electron chi connectivity index (χ1n) is 5.53. The van der Waals surface area contributed by atoms with Crippen LogP contribution in [0.2, 0.25) is 0 Å². The van der Waals surface area contributed by atoms with Crippen LogP contribution in [0.15, 0.2) is 17.5 Å². The molecule has 1 aromatic heterocycles. The van der Waals surface area contributed by atoms with Gasteiger partial charge in [-0.25, -0.2) is 13.6 Å². The molecule has 2 N–H and O–H groups in total. The van der Waals surface area contributed by atoms with E-state index in [0.717, 1.165) is 4.88 Å². The maximum atomic E-state index is 11.7. The van der Waals surface area contributed by atoms with E-state index in [1.807, 2.05) is 11.4 Å². The lowest BCUT2D eigenvalue weighted by atomic mass is 10.1. The zero-order chi connectivity index (χ0) is 12.9. The molecule has 0 aliphatic rings. The van der Waals surface area contributed by atoms with E-state index in [1.54, 1.807) is 13.0 Å². The molecule has 1 rings (SSSR count). The molecule has 1 heterocycles. The fraction of sp³-hybridized carbons (Fsp3) is 0.545. The highest BCUT2D eigenvalue weighted by Gasteiger charge is 2.19. The van der Waals surface area contributed by atoms with E-state index in [0.29, 0.717) is 25.7 Å². The van der Waals surface area contributed by atoms with E-state index in [9.17, 15) is 13.2 Å². The highest BCUT2D eigenvalue weighted by atomic mass is 32.2. The normalized spacial score (nSPS) is 13.5. The molecule has 1 aromatic rings. The summed E-state index contributed by atoms with van der Waals surface area (Å²) in [5, 5.41) is 6.42. The van der Waals surface area contributed by atoms with Crippen LogP contribution in [-0.2, 0) is 10.0 Å². The van der Waals surface area contributed by atoms with E-state index < -0.39 is 15.3 Å². The Balaban J connectivity index is 2.40. The monoisotopic (exact) mass is 275 g/mol. The number of nitrogens with two attached hydrogens (primary N) is 1. The van der Waals surface area contributed by atoms with Gasteiger partial charge in [-0.15, -0.1) is 11.3 Å². The molecule has 17 heavy (non-hydrogen) atoms. The lowest BCUT2D eigenvalue weighted by molar-refractivity contribution is 0.0983. The SMILES string of the molecule is CCC(CCCC(=O)c1cccs1)S(N)(=O)=O. The fourth-order valence-electron chi connectivity index (χ4n) is 1.65. The van der Waals surface area contributed by atoms with Crippen LogP contribution in [0.1, 0.15) is 42.3 Å². The second-order valence-electron chi connectivity index (χ2n) is 3.91. The average molecular weight is 275 g/mol. The number of rotatable bonds is 7. The van der Waals surface area contributed by atoms with E-state index in [2.05, 4.69) is 0 Å². The lowest BCUT2D eigenvalue weighted by Crippen LogP contribution is -2.28. The first kappa shape index (κ1) is 14.3. The molecule has 1 atom stereocenters. The molecule has 4 nitrogen and oxygen atoms in total. The Bertz CT molecular complexity index is 451. The van der Waals surface area contributed by atoms with Crippen molar-refractivity contribution in [1.29, 1.82) is 0 Å². The van der Waals surface area contributed by atoms with Gasteiger partial charge in [0.2, 0.25) is 10.0 Å². The molecule has 0 aliphatic heterocycles. The highest BCUT2D eigenvalue weighted by Crippen LogP contribution is 2.16. The van der Waals surface area contributed by atoms with Crippen molar-refractivity contribution < 1.29 is 13.2 Å². The second kappa shape index (κ2) is 6.28. The first-order chi connectivity index (χ1) is 7.95. The number of thiophene rings is 1. The molecule has 0 aromatic carbocycles. The molecule has 0 radical (unpaired) electrons. The van der Waals surface area contributed by atoms with Crippen LogP contribution in [0.25, 0.3) is 0 Å². The van der Waals surface area contributed by atoms with Crippen molar-refractivity contribution in [2.45, 2.75) is 37.9 Å². The molecule has 6 heteroatoms. The molecule has 0 fully saturated rings. The maximum absolute atomic E-state index is 11.7. The summed E-state index contributed by atoms with van der Waals surface area (Å²) in [4.78, 5) is 12.4. The summed E-state index contributed by atoms with van der Waals surface area (Å²) in [6, 6.07) is 3.61. The van der Waals surface area contributed by atoms with Crippen molar-refractivity contribution in [3.8, 4) is 0 Å². The Morgan fingerprint density at radius 3 is 2.71 bits per heavy atom. The molecule has 0 saturated heterocycles. The average Bonchev–Trinajstić information content (AvgIpc) is 2.75. The van der Waals surface area contributed by atoms with Gasteiger partial charge in [-0.1, -0.05) is 13.0 Å². The van der Waals surface area contributed by atoms with Crippen molar-refractivity contribution in [3.63, 3.8) is 0 Å². The predicted octanol–water partition coefficient (Wildman–Crippen LogP) is 2.17. The van der Waals surface area contributed by atoms with Gasteiger partial charge in [0.15, 0.2) is 5.78 Å². The number of carbonyl (C=O) groups is 1. The van der Waals surface area contributed by atoms with Crippen LogP contribution < -0.4 is 5.14 Å². The molecule has 0 bridgehead atoms.